The molecule has 0 bridgehead atoms. The molecule has 2 heterocycles. The van der Waals surface area contributed by atoms with Gasteiger partial charge in [0.25, 0.3) is 5.91 Å². The Hall–Kier alpha value is -2.67. The Morgan fingerprint density at radius 2 is 1.81 bits per heavy atom. The van der Waals surface area contributed by atoms with E-state index in [0.29, 0.717) is 51.3 Å². The van der Waals surface area contributed by atoms with Crippen molar-refractivity contribution in [2.45, 2.75) is 6.42 Å². The first-order valence-electron chi connectivity index (χ1n) is 8.67. The molecule has 0 radical (unpaired) electrons. The Morgan fingerprint density at radius 3 is 2.46 bits per heavy atom. The standard InChI is InChI=1S/C19H22FN3O3/c20-17-3-1-15(2-4-17)5-7-21-18(24)13-22-8-10-23(11-9-22)19(25)16-6-12-26-14-16/h1-4,6,12,14H,5,7-11,13H2,(H,21,24). The molecule has 26 heavy (non-hydrogen) atoms. The topological polar surface area (TPSA) is 65.8 Å². The van der Waals surface area contributed by atoms with Crippen LogP contribution in [0.4, 0.5) is 4.39 Å². The molecule has 1 saturated heterocycles. The first-order valence-corrected chi connectivity index (χ1v) is 8.67. The van der Waals surface area contributed by atoms with Crippen LogP contribution in [0.15, 0.2) is 47.3 Å². The molecule has 1 aliphatic heterocycles. The van der Waals surface area contributed by atoms with Crippen molar-refractivity contribution >= 4 is 11.8 Å². The number of nitrogens with one attached hydrogen (secondary N) is 1. The van der Waals surface area contributed by atoms with Gasteiger partial charge in [-0.1, -0.05) is 12.1 Å². The second kappa shape index (κ2) is 8.62. The SMILES string of the molecule is O=C(CN1CCN(C(=O)c2ccoc2)CC1)NCCc1ccc(F)cc1. The summed E-state index contributed by atoms with van der Waals surface area (Å²) in [5.41, 5.74) is 1.54. The number of furan rings is 1. The Morgan fingerprint density at radius 1 is 1.08 bits per heavy atom. The molecule has 0 unspecified atom stereocenters. The fourth-order valence-electron chi connectivity index (χ4n) is 2.93. The molecular formula is C19H22FN3O3. The quantitative estimate of drug-likeness (QED) is 0.850. The van der Waals surface area contributed by atoms with E-state index in [1.807, 2.05) is 4.90 Å². The second-order valence-electron chi connectivity index (χ2n) is 6.31. The first kappa shape index (κ1) is 18.1. The van der Waals surface area contributed by atoms with Crippen molar-refractivity contribution in [3.8, 4) is 0 Å². The van der Waals surface area contributed by atoms with Crippen molar-refractivity contribution in [2.24, 2.45) is 0 Å². The molecule has 0 saturated carbocycles. The third-order valence-electron chi connectivity index (χ3n) is 4.44. The minimum Gasteiger partial charge on any atom is -0.472 e. The van der Waals surface area contributed by atoms with Crippen molar-refractivity contribution in [3.63, 3.8) is 0 Å². The van der Waals surface area contributed by atoms with Crippen LogP contribution in [-0.2, 0) is 11.2 Å². The van der Waals surface area contributed by atoms with Crippen molar-refractivity contribution in [1.82, 2.24) is 15.1 Å². The van der Waals surface area contributed by atoms with Crippen molar-refractivity contribution < 1.29 is 18.4 Å². The van der Waals surface area contributed by atoms with E-state index in [9.17, 15) is 14.0 Å². The fraction of sp³-hybridized carbons (Fsp3) is 0.368. The maximum absolute atomic E-state index is 12.9. The molecule has 1 aromatic heterocycles. The predicted octanol–water partition coefficient (Wildman–Crippen LogP) is 1.54. The molecule has 6 nitrogen and oxygen atoms in total. The molecule has 1 aliphatic rings. The summed E-state index contributed by atoms with van der Waals surface area (Å²) in [5, 5.41) is 2.88. The van der Waals surface area contributed by atoms with Crippen LogP contribution in [0.1, 0.15) is 15.9 Å². The number of hydrogen-bond acceptors (Lipinski definition) is 4. The summed E-state index contributed by atoms with van der Waals surface area (Å²) < 4.78 is 17.8. The lowest BCUT2D eigenvalue weighted by Crippen LogP contribution is -2.51. The van der Waals surface area contributed by atoms with E-state index in [1.165, 1.54) is 24.7 Å². The average Bonchev–Trinajstić information content (AvgIpc) is 3.18. The third kappa shape index (κ3) is 4.92. The van der Waals surface area contributed by atoms with Gasteiger partial charge in [0.1, 0.15) is 12.1 Å². The summed E-state index contributed by atoms with van der Waals surface area (Å²) in [7, 11) is 0. The number of piperazine rings is 1. The zero-order chi connectivity index (χ0) is 18.4. The van der Waals surface area contributed by atoms with Crippen molar-refractivity contribution in [3.05, 3.63) is 59.8 Å². The largest absolute Gasteiger partial charge is 0.472 e. The number of amides is 2. The Kier molecular flexibility index (Phi) is 6.01. The molecule has 0 aliphatic carbocycles. The molecule has 1 N–H and O–H groups in total. The van der Waals surface area contributed by atoms with Crippen LogP contribution in [0, 0.1) is 5.82 Å². The average molecular weight is 359 g/mol. The number of carbonyl (C=O) groups excluding carboxylic acids is 2. The van der Waals surface area contributed by atoms with Gasteiger partial charge in [0.05, 0.1) is 18.4 Å². The second-order valence-corrected chi connectivity index (χ2v) is 6.31. The van der Waals surface area contributed by atoms with Gasteiger partial charge in [0.15, 0.2) is 0 Å². The van der Waals surface area contributed by atoms with E-state index in [1.54, 1.807) is 23.1 Å². The highest BCUT2D eigenvalue weighted by molar-refractivity contribution is 5.93. The van der Waals surface area contributed by atoms with E-state index < -0.39 is 0 Å². The molecule has 2 aromatic rings. The summed E-state index contributed by atoms with van der Waals surface area (Å²) in [5.74, 6) is -0.341. The maximum atomic E-state index is 12.9. The van der Waals surface area contributed by atoms with Gasteiger partial charge in [-0.25, -0.2) is 4.39 Å². The van der Waals surface area contributed by atoms with E-state index in [0.717, 1.165) is 5.56 Å². The lowest BCUT2D eigenvalue weighted by atomic mass is 10.1. The smallest absolute Gasteiger partial charge is 0.257 e. The van der Waals surface area contributed by atoms with Gasteiger partial charge in [0.2, 0.25) is 5.91 Å². The summed E-state index contributed by atoms with van der Waals surface area (Å²) in [4.78, 5) is 28.1. The molecule has 7 heteroatoms. The van der Waals surface area contributed by atoms with Crippen LogP contribution in [0.2, 0.25) is 0 Å². The number of benzene rings is 1. The van der Waals surface area contributed by atoms with Gasteiger partial charge in [-0.3, -0.25) is 14.5 Å². The molecule has 2 amide bonds. The molecule has 1 aromatic carbocycles. The van der Waals surface area contributed by atoms with Crippen LogP contribution in [0.3, 0.4) is 0 Å². The fourth-order valence-corrected chi connectivity index (χ4v) is 2.93. The van der Waals surface area contributed by atoms with Crippen LogP contribution in [0.25, 0.3) is 0 Å². The van der Waals surface area contributed by atoms with Gasteiger partial charge < -0.3 is 14.6 Å². The highest BCUT2D eigenvalue weighted by Crippen LogP contribution is 2.09. The zero-order valence-corrected chi connectivity index (χ0v) is 14.5. The summed E-state index contributed by atoms with van der Waals surface area (Å²) in [6.07, 6.45) is 3.60. The maximum Gasteiger partial charge on any atom is 0.257 e. The Labute approximate surface area is 151 Å². The van der Waals surface area contributed by atoms with E-state index in [4.69, 9.17) is 4.42 Å². The van der Waals surface area contributed by atoms with Crippen molar-refractivity contribution in [1.29, 1.82) is 0 Å². The summed E-state index contributed by atoms with van der Waals surface area (Å²) in [6.45, 7) is 3.34. The van der Waals surface area contributed by atoms with Gasteiger partial charge in [-0.2, -0.15) is 0 Å². The highest BCUT2D eigenvalue weighted by Gasteiger charge is 2.23. The lowest BCUT2D eigenvalue weighted by molar-refractivity contribution is -0.122. The van der Waals surface area contributed by atoms with Gasteiger partial charge in [-0.05, 0) is 30.2 Å². The van der Waals surface area contributed by atoms with Gasteiger partial charge >= 0.3 is 0 Å². The van der Waals surface area contributed by atoms with Crippen molar-refractivity contribution in [2.75, 3.05) is 39.3 Å². The Bertz CT molecular complexity index is 723. The molecule has 138 valence electrons. The minimum absolute atomic E-state index is 0.0397. The number of rotatable bonds is 6. The Balaban J connectivity index is 1.35. The van der Waals surface area contributed by atoms with Crippen LogP contribution in [-0.4, -0.2) is 60.9 Å². The number of carbonyl (C=O) groups is 2. The van der Waals surface area contributed by atoms with Crippen LogP contribution in [0.5, 0.6) is 0 Å². The highest BCUT2D eigenvalue weighted by atomic mass is 19.1. The third-order valence-corrected chi connectivity index (χ3v) is 4.44. The predicted molar refractivity (Wildman–Crippen MR) is 94.2 cm³/mol. The van der Waals surface area contributed by atoms with Crippen LogP contribution < -0.4 is 5.32 Å². The normalized spacial score (nSPS) is 15.0. The molecule has 0 atom stereocenters. The molecular weight excluding hydrogens is 337 g/mol. The molecule has 1 fully saturated rings. The molecule has 0 spiro atoms. The minimum atomic E-state index is -0.261. The lowest BCUT2D eigenvalue weighted by Gasteiger charge is -2.34. The number of nitrogens with zero attached hydrogens (tertiary/aromatic N) is 2. The number of halogens is 1. The first-order chi connectivity index (χ1) is 12.6. The van der Waals surface area contributed by atoms with E-state index in [2.05, 4.69) is 5.32 Å². The van der Waals surface area contributed by atoms with E-state index >= 15 is 0 Å². The van der Waals surface area contributed by atoms with Gasteiger partial charge in [0, 0.05) is 32.7 Å². The monoisotopic (exact) mass is 359 g/mol. The summed E-state index contributed by atoms with van der Waals surface area (Å²) >= 11 is 0. The molecule has 3 rings (SSSR count). The number of hydrogen-bond donors (Lipinski definition) is 1. The van der Waals surface area contributed by atoms with E-state index in [-0.39, 0.29) is 17.6 Å². The zero-order valence-electron chi connectivity index (χ0n) is 14.5. The van der Waals surface area contributed by atoms with Crippen LogP contribution >= 0.6 is 0 Å². The van der Waals surface area contributed by atoms with Gasteiger partial charge in [-0.15, -0.1) is 0 Å². The summed E-state index contributed by atoms with van der Waals surface area (Å²) in [6, 6.07) is 7.93.